The van der Waals surface area contributed by atoms with Gasteiger partial charge in [-0.2, -0.15) is 0 Å². The van der Waals surface area contributed by atoms with Crippen LogP contribution < -0.4 is 5.32 Å². The molecule has 2 unspecified atom stereocenters. The smallest absolute Gasteiger partial charge is 0.326 e. The maximum Gasteiger partial charge on any atom is 0.326 e. The summed E-state index contributed by atoms with van der Waals surface area (Å²) in [5.74, 6) is -2.57. The Morgan fingerprint density at radius 3 is 2.52 bits per heavy atom. The van der Waals surface area contributed by atoms with Gasteiger partial charge in [0.2, 0.25) is 5.91 Å². The number of aliphatic carboxylic acids is 1. The highest BCUT2D eigenvalue weighted by atomic mass is 32.2. The van der Waals surface area contributed by atoms with E-state index in [9.17, 15) is 22.8 Å². The molecule has 0 bridgehead atoms. The first-order valence-corrected chi connectivity index (χ1v) is 8.35. The number of carbonyl (C=O) groups excluding carboxylic acids is 2. The highest BCUT2D eigenvalue weighted by Gasteiger charge is 2.30. The zero-order valence-corrected chi connectivity index (χ0v) is 12.5. The minimum Gasteiger partial charge on any atom is -0.480 e. The van der Waals surface area contributed by atoms with Crippen molar-refractivity contribution in [2.75, 3.05) is 18.6 Å². The number of amides is 1. The Balaban J connectivity index is 2.45. The van der Waals surface area contributed by atoms with Crippen molar-refractivity contribution in [3.05, 3.63) is 0 Å². The van der Waals surface area contributed by atoms with Crippen molar-refractivity contribution in [2.24, 2.45) is 5.92 Å². The van der Waals surface area contributed by atoms with Gasteiger partial charge in [0.1, 0.15) is 6.04 Å². The first kappa shape index (κ1) is 17.4. The number of hydrogen-bond acceptors (Lipinski definition) is 6. The molecule has 2 N–H and O–H groups in total. The Kier molecular flexibility index (Phi) is 6.13. The van der Waals surface area contributed by atoms with Crippen LogP contribution in [-0.2, 0) is 29.0 Å². The summed E-state index contributed by atoms with van der Waals surface area (Å²) in [4.78, 5) is 33.7. The number of sulfone groups is 1. The van der Waals surface area contributed by atoms with Crippen molar-refractivity contribution >= 4 is 27.7 Å². The number of carbonyl (C=O) groups is 3. The average Bonchev–Trinajstić information content (AvgIpc) is 2.72. The molecule has 1 rings (SSSR count). The molecule has 0 aromatic rings. The van der Waals surface area contributed by atoms with Crippen molar-refractivity contribution in [2.45, 2.75) is 31.7 Å². The quantitative estimate of drug-likeness (QED) is 0.595. The Morgan fingerprint density at radius 2 is 2.05 bits per heavy atom. The lowest BCUT2D eigenvalue weighted by molar-refractivity contribution is -0.144. The Labute approximate surface area is 122 Å². The third-order valence-electron chi connectivity index (χ3n) is 3.30. The highest BCUT2D eigenvalue weighted by Crippen LogP contribution is 2.21. The first-order valence-electron chi connectivity index (χ1n) is 6.53. The van der Waals surface area contributed by atoms with Crippen molar-refractivity contribution in [3.63, 3.8) is 0 Å². The molecule has 0 saturated carbocycles. The molecule has 9 heteroatoms. The summed E-state index contributed by atoms with van der Waals surface area (Å²) in [7, 11) is -1.88. The number of carboxylic acids is 1. The van der Waals surface area contributed by atoms with Gasteiger partial charge in [-0.1, -0.05) is 0 Å². The van der Waals surface area contributed by atoms with Crippen molar-refractivity contribution < 1.29 is 32.6 Å². The predicted octanol–water partition coefficient (Wildman–Crippen LogP) is -0.666. The molecule has 1 saturated heterocycles. The van der Waals surface area contributed by atoms with Crippen molar-refractivity contribution in [1.29, 1.82) is 0 Å². The van der Waals surface area contributed by atoms with Crippen LogP contribution in [0.1, 0.15) is 25.7 Å². The van der Waals surface area contributed by atoms with E-state index in [0.717, 1.165) is 0 Å². The second kappa shape index (κ2) is 7.39. The normalized spacial score (nSPS) is 21.5. The molecule has 1 amide bonds. The van der Waals surface area contributed by atoms with E-state index >= 15 is 0 Å². The summed E-state index contributed by atoms with van der Waals surface area (Å²) in [5.41, 5.74) is 0. The maximum atomic E-state index is 11.8. The molecule has 2 atom stereocenters. The SMILES string of the molecule is COC(=O)CCC(NC(=O)CC1CCS(=O)(=O)C1)C(=O)O. The van der Waals surface area contributed by atoms with Crippen LogP contribution in [0.15, 0.2) is 0 Å². The standard InChI is InChI=1S/C12H19NO7S/c1-20-11(15)3-2-9(12(16)17)13-10(14)6-8-4-5-21(18,19)7-8/h8-9H,2-7H2,1H3,(H,13,14)(H,16,17). The van der Waals surface area contributed by atoms with Crippen LogP contribution in [0.2, 0.25) is 0 Å². The van der Waals surface area contributed by atoms with E-state index in [-0.39, 0.29) is 36.7 Å². The highest BCUT2D eigenvalue weighted by molar-refractivity contribution is 7.91. The number of rotatable bonds is 7. The topological polar surface area (TPSA) is 127 Å². The van der Waals surface area contributed by atoms with Crippen LogP contribution in [0.5, 0.6) is 0 Å². The Morgan fingerprint density at radius 1 is 1.38 bits per heavy atom. The third kappa shape index (κ3) is 6.11. The second-order valence-electron chi connectivity index (χ2n) is 5.05. The monoisotopic (exact) mass is 321 g/mol. The van der Waals surface area contributed by atoms with Crippen LogP contribution in [0, 0.1) is 5.92 Å². The molecule has 0 aliphatic carbocycles. The van der Waals surface area contributed by atoms with E-state index in [4.69, 9.17) is 5.11 Å². The predicted molar refractivity (Wildman–Crippen MR) is 72.2 cm³/mol. The largest absolute Gasteiger partial charge is 0.480 e. The third-order valence-corrected chi connectivity index (χ3v) is 5.14. The molecule has 0 aromatic carbocycles. The minimum absolute atomic E-state index is 0.0266. The van der Waals surface area contributed by atoms with Gasteiger partial charge in [0.25, 0.3) is 0 Å². The van der Waals surface area contributed by atoms with Gasteiger partial charge < -0.3 is 15.2 Å². The van der Waals surface area contributed by atoms with Crippen LogP contribution in [-0.4, -0.2) is 56.0 Å². The zero-order chi connectivity index (χ0) is 16.0. The van der Waals surface area contributed by atoms with Crippen LogP contribution >= 0.6 is 0 Å². The molecule has 21 heavy (non-hydrogen) atoms. The van der Waals surface area contributed by atoms with E-state index in [1.54, 1.807) is 0 Å². The van der Waals surface area contributed by atoms with Gasteiger partial charge in [0.05, 0.1) is 18.6 Å². The second-order valence-corrected chi connectivity index (χ2v) is 7.28. The van der Waals surface area contributed by atoms with Crippen molar-refractivity contribution in [1.82, 2.24) is 5.32 Å². The fourth-order valence-corrected chi connectivity index (χ4v) is 4.03. The zero-order valence-electron chi connectivity index (χ0n) is 11.7. The number of methoxy groups -OCH3 is 1. The van der Waals surface area contributed by atoms with E-state index in [1.165, 1.54) is 7.11 Å². The molecule has 1 aliphatic rings. The van der Waals surface area contributed by atoms with Crippen LogP contribution in [0.3, 0.4) is 0 Å². The lowest BCUT2D eigenvalue weighted by atomic mass is 10.0. The molecule has 120 valence electrons. The van der Waals surface area contributed by atoms with Gasteiger partial charge in [-0.15, -0.1) is 0 Å². The average molecular weight is 321 g/mol. The van der Waals surface area contributed by atoms with E-state index < -0.39 is 33.7 Å². The summed E-state index contributed by atoms with van der Waals surface area (Å²) in [6.45, 7) is 0. The van der Waals surface area contributed by atoms with Crippen molar-refractivity contribution in [3.8, 4) is 0 Å². The number of ether oxygens (including phenoxy) is 1. The summed E-state index contributed by atoms with van der Waals surface area (Å²) in [6, 6.07) is -1.19. The lowest BCUT2D eigenvalue weighted by Crippen LogP contribution is -2.41. The number of hydrogen-bond donors (Lipinski definition) is 2. The summed E-state index contributed by atoms with van der Waals surface area (Å²) in [6.07, 6.45) is 0.194. The van der Waals surface area contributed by atoms with Gasteiger partial charge >= 0.3 is 11.9 Å². The summed E-state index contributed by atoms with van der Waals surface area (Å²) < 4.78 is 27.0. The molecule has 8 nitrogen and oxygen atoms in total. The van der Waals surface area contributed by atoms with Gasteiger partial charge in [-0.25, -0.2) is 13.2 Å². The molecule has 0 radical (unpaired) electrons. The molecular formula is C12H19NO7S. The number of nitrogens with one attached hydrogen (secondary N) is 1. The van der Waals surface area contributed by atoms with Gasteiger partial charge in [0, 0.05) is 12.8 Å². The fourth-order valence-electron chi connectivity index (χ4n) is 2.17. The van der Waals surface area contributed by atoms with Crippen LogP contribution in [0.25, 0.3) is 0 Å². The van der Waals surface area contributed by atoms with Gasteiger partial charge in [0.15, 0.2) is 9.84 Å². The number of carboxylic acid groups (broad SMARTS) is 1. The first-order chi connectivity index (χ1) is 9.73. The fraction of sp³-hybridized carbons (Fsp3) is 0.750. The summed E-state index contributed by atoms with van der Waals surface area (Å²) >= 11 is 0. The Hall–Kier alpha value is -1.64. The van der Waals surface area contributed by atoms with Crippen LogP contribution in [0.4, 0.5) is 0 Å². The molecule has 1 fully saturated rings. The van der Waals surface area contributed by atoms with E-state index in [2.05, 4.69) is 10.1 Å². The molecular weight excluding hydrogens is 302 g/mol. The molecule has 0 aromatic heterocycles. The Bertz CT molecular complexity index is 514. The maximum absolute atomic E-state index is 11.8. The lowest BCUT2D eigenvalue weighted by Gasteiger charge is -2.15. The number of esters is 1. The van der Waals surface area contributed by atoms with E-state index in [1.807, 2.05) is 0 Å². The van der Waals surface area contributed by atoms with Gasteiger partial charge in [-0.05, 0) is 18.8 Å². The minimum atomic E-state index is -3.07. The van der Waals surface area contributed by atoms with E-state index in [0.29, 0.717) is 6.42 Å². The molecule has 0 spiro atoms. The molecule has 1 heterocycles. The van der Waals surface area contributed by atoms with Gasteiger partial charge in [-0.3, -0.25) is 9.59 Å². The summed E-state index contributed by atoms with van der Waals surface area (Å²) in [5, 5.41) is 11.3. The molecule has 1 aliphatic heterocycles.